The summed E-state index contributed by atoms with van der Waals surface area (Å²) in [5.74, 6) is -0.975. The largest absolute Gasteiger partial charge is 0.756 e. The van der Waals surface area contributed by atoms with E-state index in [0.29, 0.717) is 30.3 Å². The fourth-order valence-corrected chi connectivity index (χ4v) is 5.90. The molecular weight excluding hydrogens is 750 g/mol. The van der Waals surface area contributed by atoms with E-state index in [1.165, 1.54) is 38.5 Å². The molecule has 9 nitrogen and oxygen atoms in total. The molecule has 0 aromatic carbocycles. The first kappa shape index (κ1) is 54.9. The third kappa shape index (κ3) is 42.5. The molecule has 2 atom stereocenters. The van der Waals surface area contributed by atoms with Gasteiger partial charge in [-0.2, -0.15) is 0 Å². The van der Waals surface area contributed by atoms with E-state index in [4.69, 9.17) is 18.5 Å². The molecule has 0 radical (unpaired) electrons. The number of quaternary nitrogens is 1. The van der Waals surface area contributed by atoms with Crippen LogP contribution >= 0.6 is 7.82 Å². The number of carbonyl (C=O) groups is 2. The van der Waals surface area contributed by atoms with Gasteiger partial charge < -0.3 is 27.9 Å². The second-order valence-electron chi connectivity index (χ2n) is 15.3. The summed E-state index contributed by atoms with van der Waals surface area (Å²) in [5.41, 5.74) is 0. The standard InChI is InChI=1S/C48H80NO8P/c1-6-8-10-12-14-16-18-20-22-24-26-28-30-32-34-36-38-40-47(50)54-44-46(45-56-58(52,53)55-43-42-49(3,4)5)57-48(51)41-39-37-35-33-31-29-27-25-23-21-19-17-15-13-11-9-7-2/h8,10,14,16,20-23,26-29,32-35,46H,6-7,9,11-13,15,17-19,24-25,30-31,36-45H2,1-5H3/b10-8-,16-14-,22-20-,23-21-,28-26-,29-27-,34-32-,35-33-/t46-/m1/s1. The number of rotatable bonds is 38. The molecule has 0 bridgehead atoms. The number of ether oxygens (including phenoxy) is 2. The highest BCUT2D eigenvalue weighted by molar-refractivity contribution is 7.45. The first-order valence-corrected chi connectivity index (χ1v) is 23.4. The summed E-state index contributed by atoms with van der Waals surface area (Å²) < 4.78 is 33.7. The van der Waals surface area contributed by atoms with Gasteiger partial charge in [0.1, 0.15) is 19.8 Å². The molecule has 0 amide bonds. The Balaban J connectivity index is 4.57. The minimum Gasteiger partial charge on any atom is -0.756 e. The van der Waals surface area contributed by atoms with Crippen LogP contribution in [0.5, 0.6) is 0 Å². The van der Waals surface area contributed by atoms with Gasteiger partial charge in [-0.3, -0.25) is 14.2 Å². The van der Waals surface area contributed by atoms with Crippen molar-refractivity contribution < 1.29 is 42.1 Å². The third-order valence-corrected chi connectivity index (χ3v) is 9.55. The van der Waals surface area contributed by atoms with Crippen LogP contribution in [0.2, 0.25) is 0 Å². The summed E-state index contributed by atoms with van der Waals surface area (Å²) in [6.45, 7) is 3.95. The van der Waals surface area contributed by atoms with Gasteiger partial charge in [0.2, 0.25) is 0 Å². The van der Waals surface area contributed by atoms with Crippen molar-refractivity contribution in [3.8, 4) is 0 Å². The average Bonchev–Trinajstić information content (AvgIpc) is 3.17. The number of phosphoric acid groups is 1. The summed E-state index contributed by atoms with van der Waals surface area (Å²) in [7, 11) is 1.09. The molecule has 58 heavy (non-hydrogen) atoms. The molecule has 0 aliphatic carbocycles. The van der Waals surface area contributed by atoms with Gasteiger partial charge in [0.05, 0.1) is 27.7 Å². The lowest BCUT2D eigenvalue weighted by Crippen LogP contribution is -2.37. The minimum atomic E-state index is -4.66. The number of esters is 2. The summed E-state index contributed by atoms with van der Waals surface area (Å²) in [6, 6.07) is 0. The molecule has 1 unspecified atom stereocenters. The van der Waals surface area contributed by atoms with Crippen LogP contribution in [0, 0.1) is 0 Å². The molecule has 0 rings (SSSR count). The third-order valence-electron chi connectivity index (χ3n) is 8.59. The SMILES string of the molecule is CC/C=C\C/C=C\C/C=C\C/C=C\C/C=C\CCCC(=O)OC[C@H](COP(=O)([O-])OCC[N+](C)(C)C)OC(=O)CCC/C=C\C/C=C\C/C=C\CCCCCCCC. The van der Waals surface area contributed by atoms with E-state index in [9.17, 15) is 19.0 Å². The maximum atomic E-state index is 12.7. The van der Waals surface area contributed by atoms with Gasteiger partial charge >= 0.3 is 11.9 Å². The lowest BCUT2D eigenvalue weighted by atomic mass is 10.1. The minimum absolute atomic E-state index is 0.0543. The van der Waals surface area contributed by atoms with Gasteiger partial charge in [0.15, 0.2) is 6.10 Å². The van der Waals surface area contributed by atoms with Crippen LogP contribution in [0.1, 0.15) is 142 Å². The van der Waals surface area contributed by atoms with E-state index in [2.05, 4.69) is 98.9 Å². The molecule has 0 aromatic heterocycles. The van der Waals surface area contributed by atoms with E-state index in [1.54, 1.807) is 0 Å². The number of unbranched alkanes of at least 4 members (excludes halogenated alkanes) is 8. The van der Waals surface area contributed by atoms with E-state index < -0.39 is 32.5 Å². The van der Waals surface area contributed by atoms with Crippen LogP contribution in [0.4, 0.5) is 0 Å². The Bertz CT molecular complexity index is 1300. The maximum absolute atomic E-state index is 12.7. The van der Waals surface area contributed by atoms with Crippen LogP contribution in [-0.2, 0) is 32.7 Å². The lowest BCUT2D eigenvalue weighted by Gasteiger charge is -2.28. The quantitative estimate of drug-likeness (QED) is 0.0199. The summed E-state index contributed by atoms with van der Waals surface area (Å²) in [5, 5.41) is 0. The second kappa shape index (κ2) is 39.4. The molecule has 0 N–H and O–H groups in total. The zero-order valence-electron chi connectivity index (χ0n) is 36.9. The normalized spacial score (nSPS) is 14.5. The van der Waals surface area contributed by atoms with Crippen molar-refractivity contribution in [2.75, 3.05) is 47.5 Å². The number of carbonyl (C=O) groups excluding carboxylic acids is 2. The number of nitrogens with zero attached hydrogens (tertiary/aromatic N) is 1. The van der Waals surface area contributed by atoms with Crippen molar-refractivity contribution in [2.24, 2.45) is 0 Å². The van der Waals surface area contributed by atoms with Crippen LogP contribution in [0.15, 0.2) is 97.2 Å². The van der Waals surface area contributed by atoms with E-state index in [0.717, 1.165) is 57.8 Å². The first-order valence-electron chi connectivity index (χ1n) is 21.9. The topological polar surface area (TPSA) is 111 Å². The zero-order valence-corrected chi connectivity index (χ0v) is 37.8. The van der Waals surface area contributed by atoms with Crippen molar-refractivity contribution in [2.45, 2.75) is 148 Å². The second-order valence-corrected chi connectivity index (χ2v) is 16.7. The molecule has 0 aromatic rings. The van der Waals surface area contributed by atoms with Crippen LogP contribution in [-0.4, -0.2) is 70.0 Å². The van der Waals surface area contributed by atoms with Gasteiger partial charge in [-0.25, -0.2) is 0 Å². The lowest BCUT2D eigenvalue weighted by molar-refractivity contribution is -0.870. The molecule has 0 heterocycles. The van der Waals surface area contributed by atoms with Crippen LogP contribution < -0.4 is 4.89 Å². The predicted molar refractivity (Wildman–Crippen MR) is 240 cm³/mol. The smallest absolute Gasteiger partial charge is 0.306 e. The van der Waals surface area contributed by atoms with Gasteiger partial charge in [-0.15, -0.1) is 0 Å². The number of hydrogen-bond acceptors (Lipinski definition) is 8. The van der Waals surface area contributed by atoms with Gasteiger partial charge in [0.25, 0.3) is 7.82 Å². The van der Waals surface area contributed by atoms with Gasteiger partial charge in [0, 0.05) is 12.8 Å². The summed E-state index contributed by atoms with van der Waals surface area (Å²) >= 11 is 0. The highest BCUT2D eigenvalue weighted by Gasteiger charge is 2.21. The zero-order chi connectivity index (χ0) is 42.8. The Labute approximate surface area is 353 Å². The summed E-state index contributed by atoms with van der Waals surface area (Å²) in [6.07, 6.45) is 51.7. The van der Waals surface area contributed by atoms with E-state index in [1.807, 2.05) is 33.3 Å². The van der Waals surface area contributed by atoms with E-state index in [-0.39, 0.29) is 26.1 Å². The monoisotopic (exact) mass is 830 g/mol. The molecular formula is C48H80NO8P. The maximum Gasteiger partial charge on any atom is 0.306 e. The predicted octanol–water partition coefficient (Wildman–Crippen LogP) is 11.9. The molecule has 0 aliphatic heterocycles. The number of likely N-dealkylation sites (N-methyl/N-ethyl adjacent to an activating group) is 1. The van der Waals surface area contributed by atoms with E-state index >= 15 is 0 Å². The van der Waals surface area contributed by atoms with Gasteiger partial charge in [-0.1, -0.05) is 143 Å². The fourth-order valence-electron chi connectivity index (χ4n) is 5.17. The highest BCUT2D eigenvalue weighted by atomic mass is 31.2. The van der Waals surface area contributed by atoms with Crippen molar-refractivity contribution in [3.63, 3.8) is 0 Å². The number of allylic oxidation sites excluding steroid dienone is 16. The molecule has 0 aliphatic rings. The Morgan fingerprint density at radius 1 is 0.552 bits per heavy atom. The Morgan fingerprint density at radius 2 is 0.983 bits per heavy atom. The highest BCUT2D eigenvalue weighted by Crippen LogP contribution is 2.38. The van der Waals surface area contributed by atoms with Crippen molar-refractivity contribution in [1.29, 1.82) is 0 Å². The Kier molecular flexibility index (Phi) is 37.3. The molecule has 0 fully saturated rings. The van der Waals surface area contributed by atoms with Crippen molar-refractivity contribution in [3.05, 3.63) is 97.2 Å². The molecule has 0 saturated heterocycles. The Hall–Kier alpha value is -3.07. The Morgan fingerprint density at radius 3 is 1.47 bits per heavy atom. The molecule has 0 saturated carbocycles. The van der Waals surface area contributed by atoms with Crippen molar-refractivity contribution in [1.82, 2.24) is 0 Å². The first-order chi connectivity index (χ1) is 28.0. The number of hydrogen-bond donors (Lipinski definition) is 0. The molecule has 330 valence electrons. The van der Waals surface area contributed by atoms with Gasteiger partial charge in [-0.05, 0) is 83.5 Å². The molecule has 0 spiro atoms. The summed E-state index contributed by atoms with van der Waals surface area (Å²) in [4.78, 5) is 37.5. The van der Waals surface area contributed by atoms with Crippen LogP contribution in [0.3, 0.4) is 0 Å². The fraction of sp³-hybridized carbons (Fsp3) is 0.625. The average molecular weight is 830 g/mol. The van der Waals surface area contributed by atoms with Crippen LogP contribution in [0.25, 0.3) is 0 Å². The number of phosphoric ester groups is 1. The van der Waals surface area contributed by atoms with Crippen molar-refractivity contribution >= 4 is 19.8 Å². The molecule has 10 heteroatoms.